The van der Waals surface area contributed by atoms with Gasteiger partial charge in [-0.25, -0.2) is 13.1 Å². The molecule has 0 bridgehead atoms. The molecule has 1 N–H and O–H groups in total. The van der Waals surface area contributed by atoms with Crippen LogP contribution in [0.3, 0.4) is 0 Å². The molecule has 1 saturated heterocycles. The van der Waals surface area contributed by atoms with E-state index in [0.717, 1.165) is 24.3 Å². The summed E-state index contributed by atoms with van der Waals surface area (Å²) >= 11 is 0. The van der Waals surface area contributed by atoms with E-state index >= 15 is 0 Å². The van der Waals surface area contributed by atoms with Gasteiger partial charge >= 0.3 is 6.36 Å². The van der Waals surface area contributed by atoms with Gasteiger partial charge in [0.2, 0.25) is 15.9 Å². The Morgan fingerprint density at radius 1 is 1.06 bits per heavy atom. The number of sulfonamides is 1. The molecule has 0 radical (unpaired) electrons. The van der Waals surface area contributed by atoms with Crippen molar-refractivity contribution in [2.45, 2.75) is 44.1 Å². The first-order valence-electron chi connectivity index (χ1n) is 10.3. The van der Waals surface area contributed by atoms with Crippen LogP contribution in [0.1, 0.15) is 26.8 Å². The smallest absolute Gasteiger partial charge is 0.406 e. The first-order chi connectivity index (χ1) is 15.4. The fourth-order valence-electron chi connectivity index (χ4n) is 3.51. The SMILES string of the molecule is CC(C(=O)Nc1ccnn1C(C)C)N1CCN(S(=O)(=O)c2ccc(OC(F)(F)F)cc2)CC1. The van der Waals surface area contributed by atoms with Gasteiger partial charge in [-0.2, -0.15) is 9.40 Å². The van der Waals surface area contributed by atoms with Crippen molar-refractivity contribution in [3.8, 4) is 5.75 Å². The molecule has 0 aliphatic carbocycles. The van der Waals surface area contributed by atoms with Crippen molar-refractivity contribution < 1.29 is 31.1 Å². The topological polar surface area (TPSA) is 96.8 Å². The van der Waals surface area contributed by atoms with Crippen LogP contribution in [-0.4, -0.2) is 71.9 Å². The number of ether oxygens (including phenoxy) is 1. The second-order valence-electron chi connectivity index (χ2n) is 7.88. The lowest BCUT2D eigenvalue weighted by molar-refractivity contribution is -0.274. The van der Waals surface area contributed by atoms with Crippen LogP contribution in [0.4, 0.5) is 19.0 Å². The largest absolute Gasteiger partial charge is 0.573 e. The van der Waals surface area contributed by atoms with Gasteiger partial charge in [0.25, 0.3) is 0 Å². The van der Waals surface area contributed by atoms with E-state index in [4.69, 9.17) is 0 Å². The van der Waals surface area contributed by atoms with Crippen molar-refractivity contribution in [2.24, 2.45) is 0 Å². The van der Waals surface area contributed by atoms with Crippen LogP contribution < -0.4 is 10.1 Å². The van der Waals surface area contributed by atoms with Gasteiger partial charge in [0.15, 0.2) is 0 Å². The van der Waals surface area contributed by atoms with Gasteiger partial charge in [0, 0.05) is 38.3 Å². The molecule has 13 heteroatoms. The summed E-state index contributed by atoms with van der Waals surface area (Å²) in [4.78, 5) is 14.4. The second kappa shape index (κ2) is 9.69. The van der Waals surface area contributed by atoms with Gasteiger partial charge in [-0.3, -0.25) is 9.69 Å². The number of hydrogen-bond donors (Lipinski definition) is 1. The lowest BCUT2D eigenvalue weighted by atomic mass is 10.2. The summed E-state index contributed by atoms with van der Waals surface area (Å²) in [6.45, 7) is 6.58. The number of amides is 1. The monoisotopic (exact) mass is 489 g/mol. The minimum absolute atomic E-state index is 0.0773. The number of rotatable bonds is 7. The molecule has 1 atom stereocenters. The highest BCUT2D eigenvalue weighted by Gasteiger charge is 2.33. The number of carbonyl (C=O) groups excluding carboxylic acids is 1. The average molecular weight is 490 g/mol. The molecule has 0 spiro atoms. The number of hydrogen-bond acceptors (Lipinski definition) is 6. The van der Waals surface area contributed by atoms with Crippen LogP contribution in [0.5, 0.6) is 5.75 Å². The first-order valence-corrected chi connectivity index (χ1v) is 11.8. The molecule has 33 heavy (non-hydrogen) atoms. The van der Waals surface area contributed by atoms with Gasteiger partial charge in [0.05, 0.1) is 17.1 Å². The predicted octanol–water partition coefficient (Wildman–Crippen LogP) is 2.70. The molecular formula is C20H26F3N5O4S. The van der Waals surface area contributed by atoms with Gasteiger partial charge < -0.3 is 10.1 Å². The molecule has 1 fully saturated rings. The van der Waals surface area contributed by atoms with Crippen molar-refractivity contribution in [3.63, 3.8) is 0 Å². The van der Waals surface area contributed by atoms with Crippen molar-refractivity contribution in [3.05, 3.63) is 36.5 Å². The molecule has 2 aromatic rings. The maximum absolute atomic E-state index is 12.9. The number of benzene rings is 1. The maximum Gasteiger partial charge on any atom is 0.573 e. The van der Waals surface area contributed by atoms with Crippen LogP contribution in [0.2, 0.25) is 0 Å². The van der Waals surface area contributed by atoms with Crippen LogP contribution in [-0.2, 0) is 14.8 Å². The number of nitrogens with one attached hydrogen (secondary N) is 1. The van der Waals surface area contributed by atoms with Crippen LogP contribution >= 0.6 is 0 Å². The number of nitrogens with zero attached hydrogens (tertiary/aromatic N) is 4. The molecule has 1 aliphatic rings. The Kier molecular flexibility index (Phi) is 7.34. The van der Waals surface area contributed by atoms with Crippen molar-refractivity contribution >= 4 is 21.7 Å². The highest BCUT2D eigenvalue weighted by Crippen LogP contribution is 2.25. The number of piperazine rings is 1. The molecule has 1 aromatic heterocycles. The number of halogens is 3. The Bertz CT molecular complexity index is 1060. The highest BCUT2D eigenvalue weighted by atomic mass is 32.2. The lowest BCUT2D eigenvalue weighted by Gasteiger charge is -2.36. The molecule has 1 aliphatic heterocycles. The van der Waals surface area contributed by atoms with Gasteiger partial charge in [-0.1, -0.05) is 0 Å². The van der Waals surface area contributed by atoms with E-state index < -0.39 is 28.2 Å². The lowest BCUT2D eigenvalue weighted by Crippen LogP contribution is -2.54. The zero-order valence-corrected chi connectivity index (χ0v) is 19.2. The zero-order chi connectivity index (χ0) is 24.4. The predicted molar refractivity (Wildman–Crippen MR) is 114 cm³/mol. The van der Waals surface area contributed by atoms with E-state index in [9.17, 15) is 26.4 Å². The van der Waals surface area contributed by atoms with Crippen LogP contribution in [0.25, 0.3) is 0 Å². The summed E-state index contributed by atoms with van der Waals surface area (Å²) in [5, 5.41) is 7.03. The minimum atomic E-state index is -4.85. The summed E-state index contributed by atoms with van der Waals surface area (Å²) in [6, 6.07) is 5.38. The van der Waals surface area contributed by atoms with E-state index in [1.165, 1.54) is 4.31 Å². The van der Waals surface area contributed by atoms with Gasteiger partial charge in [0.1, 0.15) is 11.6 Å². The molecule has 182 valence electrons. The molecule has 1 unspecified atom stereocenters. The third kappa shape index (κ3) is 6.03. The zero-order valence-electron chi connectivity index (χ0n) is 18.4. The van der Waals surface area contributed by atoms with Crippen molar-refractivity contribution in [1.29, 1.82) is 0 Å². The molecule has 2 heterocycles. The Hall–Kier alpha value is -2.64. The molecule has 0 saturated carbocycles. The fraction of sp³-hybridized carbons (Fsp3) is 0.500. The van der Waals surface area contributed by atoms with Crippen molar-refractivity contribution in [2.75, 3.05) is 31.5 Å². The summed E-state index contributed by atoms with van der Waals surface area (Å²) in [7, 11) is -3.89. The average Bonchev–Trinajstić information content (AvgIpc) is 3.21. The number of aromatic nitrogens is 2. The minimum Gasteiger partial charge on any atom is -0.406 e. The van der Waals surface area contributed by atoms with E-state index in [0.29, 0.717) is 18.9 Å². The van der Waals surface area contributed by atoms with Crippen molar-refractivity contribution in [1.82, 2.24) is 19.0 Å². The Balaban J connectivity index is 1.59. The normalized spacial score (nSPS) is 17.2. The summed E-state index contributed by atoms with van der Waals surface area (Å²) in [6.07, 6.45) is -3.25. The Morgan fingerprint density at radius 2 is 1.67 bits per heavy atom. The fourth-order valence-corrected chi connectivity index (χ4v) is 4.94. The quantitative estimate of drug-likeness (QED) is 0.643. The molecular weight excluding hydrogens is 463 g/mol. The number of carbonyl (C=O) groups is 1. The number of alkyl halides is 3. The Morgan fingerprint density at radius 3 is 2.21 bits per heavy atom. The van der Waals surface area contributed by atoms with Gasteiger partial charge in [-0.15, -0.1) is 13.2 Å². The van der Waals surface area contributed by atoms with Crippen LogP contribution in [0, 0.1) is 0 Å². The summed E-state index contributed by atoms with van der Waals surface area (Å²) in [5.41, 5.74) is 0. The number of anilines is 1. The molecule has 1 aromatic carbocycles. The maximum atomic E-state index is 12.9. The molecule has 1 amide bonds. The highest BCUT2D eigenvalue weighted by molar-refractivity contribution is 7.89. The van der Waals surface area contributed by atoms with Gasteiger partial charge in [-0.05, 0) is 45.0 Å². The van der Waals surface area contributed by atoms with Crippen LogP contribution in [0.15, 0.2) is 41.4 Å². The second-order valence-corrected chi connectivity index (χ2v) is 9.82. The standard InChI is InChI=1S/C20H26F3N5O4S/c1-14(2)28-18(8-9-24-28)25-19(29)15(3)26-10-12-27(13-11-26)33(30,31)17-6-4-16(5-7-17)32-20(21,22)23/h4-9,14-15H,10-13H2,1-3H3,(H,25,29). The molecule has 9 nitrogen and oxygen atoms in total. The van der Waals surface area contributed by atoms with E-state index in [-0.39, 0.29) is 29.9 Å². The van der Waals surface area contributed by atoms with E-state index in [1.54, 1.807) is 23.9 Å². The van der Waals surface area contributed by atoms with E-state index in [2.05, 4.69) is 15.2 Å². The summed E-state index contributed by atoms with van der Waals surface area (Å²) < 4.78 is 69.3. The Labute approximate surface area is 190 Å². The molecule has 3 rings (SSSR count). The first kappa shape index (κ1) is 25.0. The summed E-state index contributed by atoms with van der Waals surface area (Å²) in [5.74, 6) is -0.139. The third-order valence-electron chi connectivity index (χ3n) is 5.31. The third-order valence-corrected chi connectivity index (χ3v) is 7.22. The van der Waals surface area contributed by atoms with E-state index in [1.807, 2.05) is 18.7 Å².